The van der Waals surface area contributed by atoms with E-state index in [0.717, 1.165) is 37.0 Å². The molecule has 0 bridgehead atoms. The van der Waals surface area contributed by atoms with E-state index in [0.29, 0.717) is 6.61 Å². The van der Waals surface area contributed by atoms with Crippen molar-refractivity contribution in [2.24, 2.45) is 0 Å². The molecule has 0 aliphatic heterocycles. The lowest BCUT2D eigenvalue weighted by Gasteiger charge is -2.43. The van der Waals surface area contributed by atoms with Gasteiger partial charge in [-0.3, -0.25) is 0 Å². The molecule has 0 saturated heterocycles. The highest BCUT2D eigenvalue weighted by atomic mass is 16.5. The maximum Gasteiger partial charge on any atom is 0.0991 e. The minimum Gasteiger partial charge on any atom is -0.498 e. The number of rotatable bonds is 4. The Morgan fingerprint density at radius 1 is 1.15 bits per heavy atom. The summed E-state index contributed by atoms with van der Waals surface area (Å²) in [5.41, 5.74) is 6.11. The number of fused-ring (bicyclic) bond motifs is 3. The highest BCUT2D eigenvalue weighted by Crippen LogP contribution is 2.48. The zero-order valence-electron chi connectivity index (χ0n) is 15.2. The third-order valence-electron chi connectivity index (χ3n) is 5.64. The number of allylic oxidation sites excluding steroid dienone is 4. The van der Waals surface area contributed by atoms with Crippen LogP contribution in [0.5, 0.6) is 0 Å². The Bertz CT molecular complexity index is 917. The number of benzene rings is 2. The normalized spacial score (nSPS) is 20.9. The first-order valence-corrected chi connectivity index (χ1v) is 9.36. The van der Waals surface area contributed by atoms with Gasteiger partial charge in [0.05, 0.1) is 24.0 Å². The monoisotopic (exact) mass is 341 g/mol. The maximum absolute atomic E-state index is 9.27. The Hall–Kier alpha value is -2.79. The topological polar surface area (TPSA) is 33.0 Å². The fraction of sp³-hybridized carbons (Fsp3) is 0.292. The van der Waals surface area contributed by atoms with Crippen molar-refractivity contribution in [2.45, 2.75) is 38.0 Å². The van der Waals surface area contributed by atoms with E-state index >= 15 is 0 Å². The number of nitrogens with zero attached hydrogens (tertiary/aromatic N) is 1. The first-order chi connectivity index (χ1) is 12.7. The van der Waals surface area contributed by atoms with Gasteiger partial charge < -0.3 is 4.74 Å². The van der Waals surface area contributed by atoms with Gasteiger partial charge in [0.1, 0.15) is 0 Å². The van der Waals surface area contributed by atoms with Crippen molar-refractivity contribution >= 4 is 0 Å². The summed E-state index contributed by atoms with van der Waals surface area (Å²) < 4.78 is 5.83. The fourth-order valence-electron chi connectivity index (χ4n) is 4.46. The first kappa shape index (κ1) is 16.7. The largest absolute Gasteiger partial charge is 0.498 e. The molecule has 4 rings (SSSR count). The Morgan fingerprint density at radius 3 is 2.77 bits per heavy atom. The van der Waals surface area contributed by atoms with Crippen LogP contribution in [-0.2, 0) is 23.0 Å². The Labute approximate surface area is 155 Å². The molecule has 0 spiro atoms. The fourth-order valence-corrected chi connectivity index (χ4v) is 4.46. The van der Waals surface area contributed by atoms with E-state index in [1.165, 1.54) is 22.3 Å². The lowest BCUT2D eigenvalue weighted by molar-refractivity contribution is 0.204. The molecule has 130 valence electrons. The molecule has 0 amide bonds. The molecule has 0 N–H and O–H groups in total. The molecule has 2 nitrogen and oxygen atoms in total. The van der Waals surface area contributed by atoms with Gasteiger partial charge in [-0.1, -0.05) is 42.5 Å². The second-order valence-corrected chi connectivity index (χ2v) is 7.14. The van der Waals surface area contributed by atoms with E-state index in [9.17, 15) is 5.26 Å². The number of nitriles is 1. The van der Waals surface area contributed by atoms with Crippen molar-refractivity contribution in [1.29, 1.82) is 5.26 Å². The third-order valence-corrected chi connectivity index (χ3v) is 5.64. The van der Waals surface area contributed by atoms with Crippen LogP contribution in [0.4, 0.5) is 0 Å². The third kappa shape index (κ3) is 2.84. The van der Waals surface area contributed by atoms with Gasteiger partial charge in [0.2, 0.25) is 0 Å². The zero-order chi connectivity index (χ0) is 18.0. The minimum atomic E-state index is -0.0243. The van der Waals surface area contributed by atoms with E-state index in [2.05, 4.69) is 60.7 Å². The summed E-state index contributed by atoms with van der Waals surface area (Å²) in [6, 6.07) is 19.2. The van der Waals surface area contributed by atoms with E-state index in [-0.39, 0.29) is 5.41 Å². The molecule has 26 heavy (non-hydrogen) atoms. The molecule has 2 aliphatic rings. The van der Waals surface area contributed by atoms with E-state index in [1.807, 2.05) is 13.0 Å². The number of ether oxygens (including phenoxy) is 1. The first-order valence-electron chi connectivity index (χ1n) is 9.36. The summed E-state index contributed by atoms with van der Waals surface area (Å²) in [4.78, 5) is 0. The van der Waals surface area contributed by atoms with E-state index < -0.39 is 0 Å². The average Bonchev–Trinajstić information content (AvgIpc) is 2.69. The second kappa shape index (κ2) is 6.84. The molecule has 2 aliphatic carbocycles. The van der Waals surface area contributed by atoms with Crippen LogP contribution >= 0.6 is 0 Å². The summed E-state index contributed by atoms with van der Waals surface area (Å²) in [6.07, 6.45) is 8.46. The van der Waals surface area contributed by atoms with Crippen LogP contribution in [0, 0.1) is 11.3 Å². The summed E-state index contributed by atoms with van der Waals surface area (Å²) >= 11 is 0. The molecule has 1 atom stereocenters. The Balaban J connectivity index is 1.83. The van der Waals surface area contributed by atoms with Crippen molar-refractivity contribution in [2.75, 3.05) is 6.61 Å². The van der Waals surface area contributed by atoms with Gasteiger partial charge in [-0.25, -0.2) is 0 Å². The molecule has 0 saturated carbocycles. The maximum atomic E-state index is 9.27. The van der Waals surface area contributed by atoms with Gasteiger partial charge in [0, 0.05) is 11.8 Å². The summed E-state index contributed by atoms with van der Waals surface area (Å²) in [7, 11) is 0. The van der Waals surface area contributed by atoms with Gasteiger partial charge in [-0.15, -0.1) is 0 Å². The zero-order valence-corrected chi connectivity index (χ0v) is 15.2. The van der Waals surface area contributed by atoms with Crippen LogP contribution in [0.15, 0.2) is 72.0 Å². The second-order valence-electron chi connectivity index (χ2n) is 7.14. The van der Waals surface area contributed by atoms with Crippen LogP contribution in [-0.4, -0.2) is 6.61 Å². The molecule has 0 heterocycles. The van der Waals surface area contributed by atoms with Crippen molar-refractivity contribution in [3.8, 4) is 6.07 Å². The molecular weight excluding hydrogens is 318 g/mol. The minimum absolute atomic E-state index is 0.0243. The van der Waals surface area contributed by atoms with Gasteiger partial charge >= 0.3 is 0 Å². The standard InChI is InChI=1S/C24H23NO/c1-2-26-22-12-13-24(16-18-6-4-3-5-7-18)21(15-22)10-9-20-14-19(17-25)8-11-23(20)24/h3-8,10-11,14-15H,2,9,12-13,16H2,1H3. The van der Waals surface area contributed by atoms with Gasteiger partial charge in [0.25, 0.3) is 0 Å². The number of hydrogen-bond donors (Lipinski definition) is 0. The summed E-state index contributed by atoms with van der Waals surface area (Å²) in [5, 5.41) is 9.27. The molecule has 2 aromatic rings. The summed E-state index contributed by atoms with van der Waals surface area (Å²) in [6.45, 7) is 2.76. The molecule has 0 fully saturated rings. The Morgan fingerprint density at radius 2 is 2.00 bits per heavy atom. The average molecular weight is 341 g/mol. The number of hydrogen-bond acceptors (Lipinski definition) is 2. The molecule has 1 unspecified atom stereocenters. The van der Waals surface area contributed by atoms with Crippen molar-refractivity contribution in [1.82, 2.24) is 0 Å². The smallest absolute Gasteiger partial charge is 0.0991 e. The lowest BCUT2D eigenvalue weighted by Crippen LogP contribution is -2.36. The highest BCUT2D eigenvalue weighted by Gasteiger charge is 2.41. The Kier molecular flexibility index (Phi) is 4.39. The van der Waals surface area contributed by atoms with Crippen molar-refractivity contribution < 1.29 is 4.74 Å². The van der Waals surface area contributed by atoms with Crippen LogP contribution in [0.25, 0.3) is 0 Å². The quantitative estimate of drug-likeness (QED) is 0.762. The predicted octanol–water partition coefficient (Wildman–Crippen LogP) is 5.24. The van der Waals surface area contributed by atoms with E-state index in [1.54, 1.807) is 0 Å². The lowest BCUT2D eigenvalue weighted by atomic mass is 9.61. The van der Waals surface area contributed by atoms with Crippen LogP contribution in [0.1, 0.15) is 42.0 Å². The van der Waals surface area contributed by atoms with Gasteiger partial charge in [-0.2, -0.15) is 5.26 Å². The van der Waals surface area contributed by atoms with Gasteiger partial charge in [0.15, 0.2) is 0 Å². The van der Waals surface area contributed by atoms with E-state index in [4.69, 9.17) is 4.74 Å². The summed E-state index contributed by atoms with van der Waals surface area (Å²) in [5.74, 6) is 1.10. The highest BCUT2D eigenvalue weighted by molar-refractivity contribution is 5.55. The van der Waals surface area contributed by atoms with Crippen LogP contribution < -0.4 is 0 Å². The van der Waals surface area contributed by atoms with Gasteiger partial charge in [-0.05, 0) is 66.7 Å². The van der Waals surface area contributed by atoms with Crippen molar-refractivity contribution in [3.05, 3.63) is 94.3 Å². The predicted molar refractivity (Wildman–Crippen MR) is 104 cm³/mol. The molecule has 2 heteroatoms. The van der Waals surface area contributed by atoms with Crippen molar-refractivity contribution in [3.63, 3.8) is 0 Å². The molecule has 0 aromatic heterocycles. The SMILES string of the molecule is CCOC1=CC2=CCc3cc(C#N)ccc3C2(Cc2ccccc2)CC1. The molecule has 2 aromatic carbocycles. The van der Waals surface area contributed by atoms with Crippen LogP contribution in [0.2, 0.25) is 0 Å². The molecular formula is C24H23NO. The molecule has 0 radical (unpaired) electrons. The van der Waals surface area contributed by atoms with Crippen LogP contribution in [0.3, 0.4) is 0 Å².